The van der Waals surface area contributed by atoms with Crippen molar-refractivity contribution in [2.45, 2.75) is 18.9 Å². The molecule has 0 amide bonds. The third-order valence-corrected chi connectivity index (χ3v) is 2.86. The maximum absolute atomic E-state index is 6.03. The number of nitrogens with two attached hydrogens (primary N) is 1. The van der Waals surface area contributed by atoms with Crippen molar-refractivity contribution < 1.29 is 4.74 Å². The summed E-state index contributed by atoms with van der Waals surface area (Å²) in [5.74, 6) is 1.36. The van der Waals surface area contributed by atoms with Gasteiger partial charge in [-0.15, -0.1) is 0 Å². The molecule has 3 nitrogen and oxygen atoms in total. The summed E-state index contributed by atoms with van der Waals surface area (Å²) in [6, 6.07) is 8.47. The lowest BCUT2D eigenvalue weighted by Gasteiger charge is -2.15. The summed E-state index contributed by atoms with van der Waals surface area (Å²) in [5, 5.41) is 3.31. The fourth-order valence-corrected chi connectivity index (χ4v) is 2.07. The lowest BCUT2D eigenvalue weighted by Crippen LogP contribution is -2.27. The van der Waals surface area contributed by atoms with Crippen LogP contribution in [-0.2, 0) is 0 Å². The molecule has 1 aliphatic rings. The zero-order valence-electron chi connectivity index (χ0n) is 9.07. The van der Waals surface area contributed by atoms with Crippen LogP contribution in [0.15, 0.2) is 24.3 Å². The van der Waals surface area contributed by atoms with Gasteiger partial charge < -0.3 is 15.8 Å². The second-order valence-corrected chi connectivity index (χ2v) is 3.93. The number of nitrogens with one attached hydrogen (secondary N) is 1. The van der Waals surface area contributed by atoms with Crippen LogP contribution < -0.4 is 15.8 Å². The van der Waals surface area contributed by atoms with E-state index in [2.05, 4.69) is 17.4 Å². The summed E-state index contributed by atoms with van der Waals surface area (Å²) < 4.78 is 5.48. The van der Waals surface area contributed by atoms with Crippen LogP contribution in [-0.4, -0.2) is 25.7 Å². The number of rotatable bonds is 3. The minimum Gasteiger partial charge on any atom is -0.494 e. The topological polar surface area (TPSA) is 47.3 Å². The Bertz CT molecular complexity index is 327. The van der Waals surface area contributed by atoms with Gasteiger partial charge in [-0.2, -0.15) is 0 Å². The van der Waals surface area contributed by atoms with Crippen molar-refractivity contribution in [3.8, 4) is 5.75 Å². The Balaban J connectivity index is 2.16. The molecule has 3 N–H and O–H groups in total. The van der Waals surface area contributed by atoms with Gasteiger partial charge in [-0.1, -0.05) is 12.1 Å². The number of ether oxygens (including phenoxy) is 1. The molecule has 0 aliphatic carbocycles. The number of hydrogen-bond donors (Lipinski definition) is 2. The molecule has 0 bridgehead atoms. The van der Waals surface area contributed by atoms with Crippen molar-refractivity contribution in [2.75, 3.05) is 19.7 Å². The van der Waals surface area contributed by atoms with Gasteiger partial charge in [-0.3, -0.25) is 0 Å². The average Bonchev–Trinajstić information content (AvgIpc) is 2.65. The van der Waals surface area contributed by atoms with Gasteiger partial charge >= 0.3 is 0 Å². The standard InChI is InChI=1S/C12H18N2O/c1-2-15-10-5-3-4-9(6-10)11-7-14-8-12(11)13/h3-6,11-12,14H,2,7-8,13H2,1H3/t11-,12+/m0/s1. The number of hydrogen-bond acceptors (Lipinski definition) is 3. The molecule has 1 saturated heterocycles. The summed E-state index contributed by atoms with van der Waals surface area (Å²) in [7, 11) is 0. The van der Waals surface area contributed by atoms with E-state index in [1.165, 1.54) is 5.56 Å². The first-order valence-electron chi connectivity index (χ1n) is 5.50. The third-order valence-electron chi connectivity index (χ3n) is 2.86. The minimum atomic E-state index is 0.224. The Morgan fingerprint density at radius 2 is 2.33 bits per heavy atom. The van der Waals surface area contributed by atoms with E-state index in [9.17, 15) is 0 Å². The molecule has 82 valence electrons. The predicted molar refractivity (Wildman–Crippen MR) is 61.2 cm³/mol. The molecule has 3 heteroatoms. The molecular formula is C12H18N2O. The molecule has 1 heterocycles. The van der Waals surface area contributed by atoms with Crippen molar-refractivity contribution in [2.24, 2.45) is 5.73 Å². The SMILES string of the molecule is CCOc1cccc([C@@H]2CNC[C@H]2N)c1. The summed E-state index contributed by atoms with van der Waals surface area (Å²) in [6.07, 6.45) is 0. The van der Waals surface area contributed by atoms with Crippen molar-refractivity contribution in [3.63, 3.8) is 0 Å². The Hall–Kier alpha value is -1.06. The molecule has 0 saturated carbocycles. The Labute approximate surface area is 90.6 Å². The van der Waals surface area contributed by atoms with Gasteiger partial charge in [0.2, 0.25) is 0 Å². The van der Waals surface area contributed by atoms with E-state index < -0.39 is 0 Å². The van der Waals surface area contributed by atoms with Crippen LogP contribution in [0, 0.1) is 0 Å². The van der Waals surface area contributed by atoms with Gasteiger partial charge in [0.25, 0.3) is 0 Å². The van der Waals surface area contributed by atoms with Crippen molar-refractivity contribution in [1.82, 2.24) is 5.32 Å². The summed E-state index contributed by atoms with van der Waals surface area (Å²) >= 11 is 0. The van der Waals surface area contributed by atoms with E-state index in [0.29, 0.717) is 12.5 Å². The van der Waals surface area contributed by atoms with E-state index >= 15 is 0 Å². The molecule has 1 aromatic carbocycles. The van der Waals surface area contributed by atoms with Crippen LogP contribution in [0.1, 0.15) is 18.4 Å². The van der Waals surface area contributed by atoms with Gasteiger partial charge in [0.15, 0.2) is 0 Å². The normalized spacial score (nSPS) is 25.5. The lowest BCUT2D eigenvalue weighted by atomic mass is 9.95. The highest BCUT2D eigenvalue weighted by Gasteiger charge is 2.25. The van der Waals surface area contributed by atoms with E-state index in [1.54, 1.807) is 0 Å². The lowest BCUT2D eigenvalue weighted by molar-refractivity contribution is 0.339. The molecule has 15 heavy (non-hydrogen) atoms. The first kappa shape index (κ1) is 10.5. The maximum Gasteiger partial charge on any atom is 0.119 e. The molecule has 1 aromatic rings. The van der Waals surface area contributed by atoms with Crippen LogP contribution in [0.25, 0.3) is 0 Å². The van der Waals surface area contributed by atoms with E-state index in [1.807, 2.05) is 19.1 Å². The highest BCUT2D eigenvalue weighted by Crippen LogP contribution is 2.24. The monoisotopic (exact) mass is 206 g/mol. The van der Waals surface area contributed by atoms with Gasteiger partial charge in [0.1, 0.15) is 5.75 Å². The highest BCUT2D eigenvalue weighted by atomic mass is 16.5. The van der Waals surface area contributed by atoms with Crippen LogP contribution in [0.2, 0.25) is 0 Å². The van der Waals surface area contributed by atoms with Crippen LogP contribution >= 0.6 is 0 Å². The van der Waals surface area contributed by atoms with Crippen LogP contribution in [0.5, 0.6) is 5.75 Å². The molecule has 0 radical (unpaired) electrons. The zero-order valence-corrected chi connectivity index (χ0v) is 9.07. The molecule has 0 spiro atoms. The fourth-order valence-electron chi connectivity index (χ4n) is 2.07. The maximum atomic E-state index is 6.03. The van der Waals surface area contributed by atoms with Crippen LogP contribution in [0.3, 0.4) is 0 Å². The first-order valence-corrected chi connectivity index (χ1v) is 5.50. The van der Waals surface area contributed by atoms with E-state index in [0.717, 1.165) is 18.8 Å². The minimum absolute atomic E-state index is 0.224. The fraction of sp³-hybridized carbons (Fsp3) is 0.500. The highest BCUT2D eigenvalue weighted by molar-refractivity contribution is 5.32. The van der Waals surface area contributed by atoms with E-state index in [-0.39, 0.29) is 6.04 Å². The third kappa shape index (κ3) is 2.30. The largest absolute Gasteiger partial charge is 0.494 e. The Morgan fingerprint density at radius 3 is 3.00 bits per heavy atom. The molecule has 0 unspecified atom stereocenters. The van der Waals surface area contributed by atoms with Gasteiger partial charge in [-0.05, 0) is 24.6 Å². The molecule has 0 aromatic heterocycles. The molecule has 1 fully saturated rings. The molecular weight excluding hydrogens is 188 g/mol. The second kappa shape index (κ2) is 4.64. The summed E-state index contributed by atoms with van der Waals surface area (Å²) in [6.45, 7) is 4.58. The summed E-state index contributed by atoms with van der Waals surface area (Å²) in [4.78, 5) is 0. The molecule has 2 atom stereocenters. The van der Waals surface area contributed by atoms with Gasteiger partial charge in [0, 0.05) is 25.0 Å². The Kier molecular flexibility index (Phi) is 3.23. The van der Waals surface area contributed by atoms with Gasteiger partial charge in [0.05, 0.1) is 6.61 Å². The van der Waals surface area contributed by atoms with E-state index in [4.69, 9.17) is 10.5 Å². The van der Waals surface area contributed by atoms with Crippen molar-refractivity contribution in [1.29, 1.82) is 0 Å². The first-order chi connectivity index (χ1) is 7.31. The molecule has 1 aliphatic heterocycles. The zero-order chi connectivity index (χ0) is 10.7. The smallest absolute Gasteiger partial charge is 0.119 e. The van der Waals surface area contributed by atoms with Crippen molar-refractivity contribution in [3.05, 3.63) is 29.8 Å². The van der Waals surface area contributed by atoms with Gasteiger partial charge in [-0.25, -0.2) is 0 Å². The van der Waals surface area contributed by atoms with Crippen LogP contribution in [0.4, 0.5) is 0 Å². The average molecular weight is 206 g/mol. The number of benzene rings is 1. The quantitative estimate of drug-likeness (QED) is 0.778. The van der Waals surface area contributed by atoms with Crippen molar-refractivity contribution >= 4 is 0 Å². The second-order valence-electron chi connectivity index (χ2n) is 3.93. The Morgan fingerprint density at radius 1 is 1.47 bits per heavy atom. The predicted octanol–water partition coefficient (Wildman–Crippen LogP) is 1.10. The summed E-state index contributed by atoms with van der Waals surface area (Å²) in [5.41, 5.74) is 7.31. The molecule has 2 rings (SSSR count).